The zero-order valence-electron chi connectivity index (χ0n) is 19.9. The fourth-order valence-electron chi connectivity index (χ4n) is 3.76. The topological polar surface area (TPSA) is 106 Å². The molecule has 0 radical (unpaired) electrons. The standard InChI is InChI=1S/C29H22ClN5O2/c1-18-2-4-19(5-3-18)17-36-27-7-6-21(12-24(27)30)35-29-20(15-31)16-34-26-14-28(25(32)13-23(26)29)37-22-8-10-33-11-9-22/h2-14,16H,17,32H2,1H3,(H,34,35). The molecule has 7 nitrogen and oxygen atoms in total. The Morgan fingerprint density at radius 1 is 1.00 bits per heavy atom. The van der Waals surface area contributed by atoms with E-state index < -0.39 is 0 Å². The Balaban J connectivity index is 1.41. The van der Waals surface area contributed by atoms with Crippen LogP contribution in [0.3, 0.4) is 0 Å². The summed E-state index contributed by atoms with van der Waals surface area (Å²) in [4.78, 5) is 8.42. The van der Waals surface area contributed by atoms with Gasteiger partial charge in [0.25, 0.3) is 0 Å². The van der Waals surface area contributed by atoms with E-state index in [4.69, 9.17) is 26.8 Å². The number of aromatic nitrogens is 2. The maximum absolute atomic E-state index is 9.73. The third-order valence-corrected chi connectivity index (χ3v) is 6.01. The van der Waals surface area contributed by atoms with Gasteiger partial charge in [-0.05, 0) is 48.9 Å². The van der Waals surface area contributed by atoms with E-state index in [2.05, 4.69) is 21.4 Å². The van der Waals surface area contributed by atoms with Gasteiger partial charge in [-0.15, -0.1) is 0 Å². The molecular formula is C29H22ClN5O2. The van der Waals surface area contributed by atoms with Gasteiger partial charge in [0.2, 0.25) is 0 Å². The smallest absolute Gasteiger partial charge is 0.152 e. The molecule has 5 aromatic rings. The van der Waals surface area contributed by atoms with Crippen LogP contribution in [0, 0.1) is 18.3 Å². The van der Waals surface area contributed by atoms with E-state index in [1.54, 1.807) is 48.8 Å². The average molecular weight is 508 g/mol. The monoisotopic (exact) mass is 507 g/mol. The number of anilines is 3. The number of rotatable bonds is 7. The normalized spacial score (nSPS) is 10.6. The molecular weight excluding hydrogens is 486 g/mol. The Kier molecular flexibility index (Phi) is 6.75. The lowest BCUT2D eigenvalue weighted by Crippen LogP contribution is -2.00. The highest BCUT2D eigenvalue weighted by Gasteiger charge is 2.14. The summed E-state index contributed by atoms with van der Waals surface area (Å²) in [5.41, 5.74) is 11.2. The number of hydrogen-bond acceptors (Lipinski definition) is 7. The van der Waals surface area contributed by atoms with Crippen molar-refractivity contribution in [1.82, 2.24) is 9.97 Å². The van der Waals surface area contributed by atoms with Crippen LogP contribution in [0.5, 0.6) is 17.2 Å². The molecule has 5 rings (SSSR count). The second-order valence-corrected chi connectivity index (χ2v) is 8.80. The molecule has 0 fully saturated rings. The van der Waals surface area contributed by atoms with Gasteiger partial charge in [0.15, 0.2) is 5.75 Å². The molecule has 37 heavy (non-hydrogen) atoms. The van der Waals surface area contributed by atoms with Crippen LogP contribution < -0.4 is 20.5 Å². The average Bonchev–Trinajstić information content (AvgIpc) is 2.91. The lowest BCUT2D eigenvalue weighted by atomic mass is 10.1. The molecule has 8 heteroatoms. The number of nitrogens with one attached hydrogen (secondary N) is 1. The number of hydrogen-bond donors (Lipinski definition) is 2. The summed E-state index contributed by atoms with van der Waals surface area (Å²) in [7, 11) is 0. The molecule has 0 unspecified atom stereocenters. The van der Waals surface area contributed by atoms with Crippen molar-refractivity contribution < 1.29 is 9.47 Å². The van der Waals surface area contributed by atoms with Crippen LogP contribution in [0.25, 0.3) is 10.9 Å². The maximum Gasteiger partial charge on any atom is 0.152 e. The first-order valence-corrected chi connectivity index (χ1v) is 11.8. The molecule has 0 amide bonds. The van der Waals surface area contributed by atoms with Gasteiger partial charge in [-0.1, -0.05) is 41.4 Å². The predicted molar refractivity (Wildman–Crippen MR) is 145 cm³/mol. The molecule has 0 saturated heterocycles. The van der Waals surface area contributed by atoms with Crippen molar-refractivity contribution in [3.05, 3.63) is 107 Å². The van der Waals surface area contributed by atoms with Crippen LogP contribution >= 0.6 is 11.6 Å². The summed E-state index contributed by atoms with van der Waals surface area (Å²) in [6.45, 7) is 2.45. The molecule has 0 bridgehead atoms. The molecule has 3 aromatic carbocycles. The predicted octanol–water partition coefficient (Wildman–Crippen LogP) is 7.16. The van der Waals surface area contributed by atoms with Crippen LogP contribution in [-0.2, 0) is 6.61 Å². The fourth-order valence-corrected chi connectivity index (χ4v) is 4.00. The SMILES string of the molecule is Cc1ccc(COc2ccc(Nc3c(C#N)cnc4cc(Oc5ccncc5)c(N)cc34)cc2Cl)cc1. The van der Waals surface area contributed by atoms with Crippen molar-refractivity contribution in [2.24, 2.45) is 0 Å². The third kappa shape index (κ3) is 5.40. The van der Waals surface area contributed by atoms with E-state index in [1.165, 1.54) is 11.8 Å². The number of ether oxygens (including phenoxy) is 2. The van der Waals surface area contributed by atoms with Crippen molar-refractivity contribution in [2.75, 3.05) is 11.1 Å². The molecule has 0 spiro atoms. The summed E-state index contributed by atoms with van der Waals surface area (Å²) >= 11 is 6.52. The molecule has 0 aliphatic heterocycles. The number of fused-ring (bicyclic) bond motifs is 1. The number of benzene rings is 3. The van der Waals surface area contributed by atoms with Crippen molar-refractivity contribution in [2.45, 2.75) is 13.5 Å². The highest BCUT2D eigenvalue weighted by Crippen LogP contribution is 2.37. The van der Waals surface area contributed by atoms with Gasteiger partial charge >= 0.3 is 0 Å². The summed E-state index contributed by atoms with van der Waals surface area (Å²) in [6, 6.07) is 22.7. The summed E-state index contributed by atoms with van der Waals surface area (Å²) in [5, 5.41) is 14.2. The molecule has 0 atom stereocenters. The minimum Gasteiger partial charge on any atom is -0.487 e. The van der Waals surface area contributed by atoms with Crippen LogP contribution in [0.1, 0.15) is 16.7 Å². The second-order valence-electron chi connectivity index (χ2n) is 8.40. The van der Waals surface area contributed by atoms with Crippen LogP contribution in [0.15, 0.2) is 85.3 Å². The van der Waals surface area contributed by atoms with Crippen LogP contribution in [-0.4, -0.2) is 9.97 Å². The molecule has 0 aliphatic carbocycles. The van der Waals surface area contributed by atoms with E-state index in [0.29, 0.717) is 62.4 Å². The van der Waals surface area contributed by atoms with Gasteiger partial charge in [0.1, 0.15) is 24.2 Å². The first-order valence-electron chi connectivity index (χ1n) is 11.5. The minimum absolute atomic E-state index is 0.366. The number of aryl methyl sites for hydroxylation is 1. The number of nitriles is 1. The van der Waals surface area contributed by atoms with Crippen LogP contribution in [0.2, 0.25) is 5.02 Å². The summed E-state index contributed by atoms with van der Waals surface area (Å²) < 4.78 is 11.8. The number of nitrogens with zero attached hydrogens (tertiary/aromatic N) is 3. The minimum atomic E-state index is 0.366. The number of nitrogens with two attached hydrogens (primary N) is 1. The van der Waals surface area contributed by atoms with E-state index in [0.717, 1.165) is 5.56 Å². The quantitative estimate of drug-likeness (QED) is 0.225. The first kappa shape index (κ1) is 23.9. The lowest BCUT2D eigenvalue weighted by molar-refractivity contribution is 0.306. The number of nitrogen functional groups attached to an aromatic ring is 1. The zero-order valence-corrected chi connectivity index (χ0v) is 20.7. The van der Waals surface area contributed by atoms with E-state index in [9.17, 15) is 5.26 Å². The van der Waals surface area contributed by atoms with Gasteiger partial charge in [0, 0.05) is 35.7 Å². The summed E-state index contributed by atoms with van der Waals surface area (Å²) in [5.74, 6) is 1.63. The van der Waals surface area contributed by atoms with Crippen molar-refractivity contribution in [1.29, 1.82) is 5.26 Å². The Hall–Kier alpha value is -4.80. The zero-order chi connectivity index (χ0) is 25.8. The van der Waals surface area contributed by atoms with E-state index in [-0.39, 0.29) is 0 Å². The van der Waals surface area contributed by atoms with E-state index in [1.807, 2.05) is 37.3 Å². The van der Waals surface area contributed by atoms with Gasteiger partial charge in [-0.3, -0.25) is 9.97 Å². The van der Waals surface area contributed by atoms with Gasteiger partial charge < -0.3 is 20.5 Å². The van der Waals surface area contributed by atoms with Crippen molar-refractivity contribution >= 4 is 39.6 Å². The molecule has 0 saturated carbocycles. The van der Waals surface area contributed by atoms with Gasteiger partial charge in [-0.25, -0.2) is 0 Å². The third-order valence-electron chi connectivity index (χ3n) is 5.71. The highest BCUT2D eigenvalue weighted by atomic mass is 35.5. The molecule has 2 aromatic heterocycles. The largest absolute Gasteiger partial charge is 0.487 e. The molecule has 3 N–H and O–H groups in total. The van der Waals surface area contributed by atoms with Gasteiger partial charge in [-0.2, -0.15) is 5.26 Å². The molecule has 0 aliphatic rings. The van der Waals surface area contributed by atoms with Gasteiger partial charge in [0.05, 0.1) is 27.5 Å². The van der Waals surface area contributed by atoms with Crippen molar-refractivity contribution in [3.63, 3.8) is 0 Å². The Morgan fingerprint density at radius 3 is 2.51 bits per heavy atom. The van der Waals surface area contributed by atoms with Crippen LogP contribution in [0.4, 0.5) is 17.1 Å². The molecule has 182 valence electrons. The lowest BCUT2D eigenvalue weighted by Gasteiger charge is -2.15. The maximum atomic E-state index is 9.73. The Bertz CT molecular complexity index is 1620. The van der Waals surface area contributed by atoms with Crippen molar-refractivity contribution in [3.8, 4) is 23.3 Å². The molecule has 2 heterocycles. The number of pyridine rings is 2. The highest BCUT2D eigenvalue weighted by molar-refractivity contribution is 6.32. The number of halogens is 1. The first-order chi connectivity index (χ1) is 18.0. The second kappa shape index (κ2) is 10.4. The Labute approximate surface area is 219 Å². The van der Waals surface area contributed by atoms with E-state index >= 15 is 0 Å². The fraction of sp³-hybridized carbons (Fsp3) is 0.0690. The summed E-state index contributed by atoms with van der Waals surface area (Å²) in [6.07, 6.45) is 4.78. The Morgan fingerprint density at radius 2 is 1.78 bits per heavy atom.